The number of aromatic nitrogens is 2. The van der Waals surface area contributed by atoms with Crippen LogP contribution in [0.15, 0.2) is 15.8 Å². The van der Waals surface area contributed by atoms with Crippen LogP contribution >= 0.6 is 0 Å². The number of aromatic amines is 1. The van der Waals surface area contributed by atoms with Crippen LogP contribution in [0.4, 0.5) is 0 Å². The largest absolute Gasteiger partial charge is 0.414 e. The van der Waals surface area contributed by atoms with E-state index in [0.29, 0.717) is 5.56 Å². The Morgan fingerprint density at radius 3 is 2.44 bits per heavy atom. The lowest BCUT2D eigenvalue weighted by atomic mass is 10.1. The molecular formula is C16H28N2O6Si. The molecule has 1 aliphatic rings. The van der Waals surface area contributed by atoms with Crippen LogP contribution in [0.2, 0.25) is 18.1 Å². The molecule has 0 saturated carbocycles. The van der Waals surface area contributed by atoms with E-state index in [9.17, 15) is 19.8 Å². The number of H-pyrrole nitrogens is 1. The molecule has 0 spiro atoms. The zero-order chi connectivity index (χ0) is 19.2. The maximum Gasteiger partial charge on any atom is 0.330 e. The van der Waals surface area contributed by atoms with Gasteiger partial charge in [0.25, 0.3) is 5.56 Å². The monoisotopic (exact) mass is 372 g/mol. The molecule has 0 amide bonds. The Morgan fingerprint density at radius 1 is 1.28 bits per heavy atom. The van der Waals surface area contributed by atoms with E-state index in [1.807, 2.05) is 0 Å². The normalized spacial score (nSPS) is 27.7. The van der Waals surface area contributed by atoms with Gasteiger partial charge in [0.2, 0.25) is 0 Å². The fraction of sp³-hybridized carbons (Fsp3) is 0.750. The van der Waals surface area contributed by atoms with Gasteiger partial charge >= 0.3 is 5.69 Å². The molecule has 8 nitrogen and oxygen atoms in total. The summed E-state index contributed by atoms with van der Waals surface area (Å²) in [5.74, 6) is 0. The standard InChI is InChI=1S/C16H28N2O6Si/c1-9-7-18(15(22)17-13(9)21)14-12(20)11(19)10(24-14)8-23-25(5,6)16(2,3)4/h7,10-12,14,19-20H,8H2,1-6H3,(H,17,21,22)/t10-,11?,12?,14-/m0/s1. The van der Waals surface area contributed by atoms with Gasteiger partial charge in [-0.15, -0.1) is 0 Å². The van der Waals surface area contributed by atoms with Gasteiger partial charge in [0.15, 0.2) is 14.5 Å². The van der Waals surface area contributed by atoms with Crippen LogP contribution in [0.3, 0.4) is 0 Å². The quantitative estimate of drug-likeness (QED) is 0.663. The maximum atomic E-state index is 12.0. The first-order valence-corrected chi connectivity index (χ1v) is 11.2. The molecule has 0 aliphatic carbocycles. The van der Waals surface area contributed by atoms with Gasteiger partial charge in [-0.3, -0.25) is 14.3 Å². The average Bonchev–Trinajstić information content (AvgIpc) is 2.76. The molecule has 2 unspecified atom stereocenters. The molecule has 25 heavy (non-hydrogen) atoms. The minimum atomic E-state index is -2.04. The van der Waals surface area contributed by atoms with Crippen LogP contribution in [0.25, 0.3) is 0 Å². The third-order valence-electron chi connectivity index (χ3n) is 5.17. The van der Waals surface area contributed by atoms with Crippen LogP contribution in [-0.2, 0) is 9.16 Å². The molecule has 1 fully saturated rings. The fourth-order valence-electron chi connectivity index (χ4n) is 2.38. The topological polar surface area (TPSA) is 114 Å². The number of nitrogens with one attached hydrogen (secondary N) is 1. The number of aliphatic hydroxyl groups is 2. The van der Waals surface area contributed by atoms with Crippen LogP contribution in [-0.4, -0.2) is 53.0 Å². The van der Waals surface area contributed by atoms with Crippen molar-refractivity contribution in [1.82, 2.24) is 9.55 Å². The van der Waals surface area contributed by atoms with Crippen molar-refractivity contribution in [3.63, 3.8) is 0 Å². The van der Waals surface area contributed by atoms with Crippen molar-refractivity contribution < 1.29 is 19.4 Å². The molecule has 0 aromatic carbocycles. The summed E-state index contributed by atoms with van der Waals surface area (Å²) >= 11 is 0. The first-order valence-electron chi connectivity index (χ1n) is 8.33. The molecule has 2 rings (SSSR count). The first kappa shape index (κ1) is 20.1. The number of hydrogen-bond donors (Lipinski definition) is 3. The zero-order valence-electron chi connectivity index (χ0n) is 15.6. The molecule has 1 aromatic rings. The molecule has 2 heterocycles. The fourth-order valence-corrected chi connectivity index (χ4v) is 3.39. The Hall–Kier alpha value is -1.26. The summed E-state index contributed by atoms with van der Waals surface area (Å²) in [5.41, 5.74) is -0.879. The van der Waals surface area contributed by atoms with E-state index in [4.69, 9.17) is 9.16 Å². The second-order valence-corrected chi connectivity index (χ2v) is 12.9. The van der Waals surface area contributed by atoms with Crippen molar-refractivity contribution in [2.24, 2.45) is 0 Å². The predicted molar refractivity (Wildman–Crippen MR) is 95.1 cm³/mol. The highest BCUT2D eigenvalue weighted by Crippen LogP contribution is 2.37. The van der Waals surface area contributed by atoms with Crippen LogP contribution in [0, 0.1) is 6.92 Å². The molecule has 0 bridgehead atoms. The lowest BCUT2D eigenvalue weighted by Crippen LogP contribution is -2.44. The van der Waals surface area contributed by atoms with Gasteiger partial charge in [0, 0.05) is 11.8 Å². The molecule has 1 aromatic heterocycles. The Labute approximate surface area is 147 Å². The summed E-state index contributed by atoms with van der Waals surface area (Å²) < 4.78 is 12.8. The van der Waals surface area contributed by atoms with Crippen molar-refractivity contribution in [3.8, 4) is 0 Å². The van der Waals surface area contributed by atoms with Gasteiger partial charge in [-0.05, 0) is 25.1 Å². The third kappa shape index (κ3) is 3.95. The predicted octanol–water partition coefficient (Wildman–Crippen LogP) is 0.486. The Balaban J connectivity index is 2.18. The van der Waals surface area contributed by atoms with Gasteiger partial charge in [-0.2, -0.15) is 0 Å². The number of aryl methyl sites for hydroxylation is 1. The van der Waals surface area contributed by atoms with Crippen molar-refractivity contribution in [3.05, 3.63) is 32.6 Å². The summed E-state index contributed by atoms with van der Waals surface area (Å²) in [4.78, 5) is 25.6. The minimum Gasteiger partial charge on any atom is -0.414 e. The first-order chi connectivity index (χ1) is 11.3. The summed E-state index contributed by atoms with van der Waals surface area (Å²) in [6.45, 7) is 12.1. The molecule has 0 radical (unpaired) electrons. The van der Waals surface area contributed by atoms with Crippen molar-refractivity contribution in [1.29, 1.82) is 0 Å². The van der Waals surface area contributed by atoms with Gasteiger partial charge in [-0.25, -0.2) is 4.79 Å². The van der Waals surface area contributed by atoms with Gasteiger partial charge in [0.05, 0.1) is 6.61 Å². The van der Waals surface area contributed by atoms with Gasteiger partial charge < -0.3 is 19.4 Å². The highest BCUT2D eigenvalue weighted by molar-refractivity contribution is 6.74. The highest BCUT2D eigenvalue weighted by Gasteiger charge is 2.46. The second kappa shape index (κ2) is 6.80. The van der Waals surface area contributed by atoms with E-state index in [1.165, 1.54) is 6.20 Å². The lowest BCUT2D eigenvalue weighted by Gasteiger charge is -2.37. The Bertz CT molecular complexity index is 735. The molecular weight excluding hydrogens is 344 g/mol. The maximum absolute atomic E-state index is 12.0. The van der Waals surface area contributed by atoms with E-state index in [0.717, 1.165) is 4.57 Å². The summed E-state index contributed by atoms with van der Waals surface area (Å²) in [6.07, 6.45) is -3.00. The number of ether oxygens (including phenoxy) is 1. The number of nitrogens with zero attached hydrogens (tertiary/aromatic N) is 1. The van der Waals surface area contributed by atoms with E-state index in [2.05, 4.69) is 38.8 Å². The van der Waals surface area contributed by atoms with Gasteiger partial charge in [0.1, 0.15) is 18.3 Å². The second-order valence-electron chi connectivity index (χ2n) is 8.10. The number of aliphatic hydroxyl groups excluding tert-OH is 2. The van der Waals surface area contributed by atoms with Crippen LogP contribution in [0.5, 0.6) is 0 Å². The minimum absolute atomic E-state index is 0.00153. The zero-order valence-corrected chi connectivity index (χ0v) is 16.6. The van der Waals surface area contributed by atoms with Gasteiger partial charge in [-0.1, -0.05) is 20.8 Å². The molecule has 3 N–H and O–H groups in total. The SMILES string of the molecule is Cc1cn([C@H]2O[C@@H](CO[Si](C)(C)C(C)(C)C)C(O)C2O)c(=O)[nH]c1=O. The Kier molecular flexibility index (Phi) is 5.46. The van der Waals surface area contributed by atoms with E-state index < -0.39 is 44.1 Å². The lowest BCUT2D eigenvalue weighted by molar-refractivity contribution is -0.0532. The third-order valence-corrected chi connectivity index (χ3v) is 9.67. The Morgan fingerprint density at radius 2 is 1.88 bits per heavy atom. The highest BCUT2D eigenvalue weighted by atomic mass is 28.4. The van der Waals surface area contributed by atoms with E-state index >= 15 is 0 Å². The molecule has 1 aliphatic heterocycles. The molecule has 9 heteroatoms. The number of rotatable bonds is 4. The van der Waals surface area contributed by atoms with Crippen molar-refractivity contribution >= 4 is 8.32 Å². The number of hydrogen-bond acceptors (Lipinski definition) is 6. The van der Waals surface area contributed by atoms with Crippen LogP contribution < -0.4 is 11.2 Å². The van der Waals surface area contributed by atoms with Crippen LogP contribution in [0.1, 0.15) is 32.6 Å². The summed E-state index contributed by atoms with van der Waals surface area (Å²) in [7, 11) is -2.04. The average molecular weight is 372 g/mol. The van der Waals surface area contributed by atoms with Crippen molar-refractivity contribution in [2.45, 2.75) is 70.4 Å². The molecule has 1 saturated heterocycles. The van der Waals surface area contributed by atoms with E-state index in [-0.39, 0.29) is 11.6 Å². The summed E-state index contributed by atoms with van der Waals surface area (Å²) in [5, 5.41) is 20.6. The summed E-state index contributed by atoms with van der Waals surface area (Å²) in [6, 6.07) is 0. The van der Waals surface area contributed by atoms with E-state index in [1.54, 1.807) is 6.92 Å². The molecule has 142 valence electrons. The molecule has 4 atom stereocenters. The smallest absolute Gasteiger partial charge is 0.330 e. The van der Waals surface area contributed by atoms with Crippen molar-refractivity contribution in [2.75, 3.05) is 6.61 Å².